The van der Waals surface area contributed by atoms with Crippen LogP contribution in [0.5, 0.6) is 0 Å². The summed E-state index contributed by atoms with van der Waals surface area (Å²) >= 11 is 0. The van der Waals surface area contributed by atoms with E-state index in [1.54, 1.807) is 7.11 Å². The van der Waals surface area contributed by atoms with Gasteiger partial charge in [0.1, 0.15) is 0 Å². The standard InChI is InChI=1S/C15H28N4O2/c1-13-11-19(15(16-13)17-14(2)12-20-3)6-4-5-18-7-9-21-10-8-18/h11,14H,4-10,12H2,1-3H3,(H,16,17). The number of methoxy groups -OCH3 is 1. The molecule has 21 heavy (non-hydrogen) atoms. The fraction of sp³-hybridized carbons (Fsp3) is 0.800. The van der Waals surface area contributed by atoms with E-state index in [1.807, 2.05) is 6.92 Å². The van der Waals surface area contributed by atoms with Crippen LogP contribution in [0.2, 0.25) is 0 Å². The Labute approximate surface area is 127 Å². The molecule has 0 bridgehead atoms. The van der Waals surface area contributed by atoms with Crippen LogP contribution in [0.3, 0.4) is 0 Å². The zero-order valence-electron chi connectivity index (χ0n) is 13.5. The summed E-state index contributed by atoms with van der Waals surface area (Å²) in [5.74, 6) is 0.944. The van der Waals surface area contributed by atoms with Crippen molar-refractivity contribution in [1.82, 2.24) is 14.5 Å². The summed E-state index contributed by atoms with van der Waals surface area (Å²) in [6.07, 6.45) is 3.24. The minimum atomic E-state index is 0.259. The summed E-state index contributed by atoms with van der Waals surface area (Å²) in [4.78, 5) is 7.03. The lowest BCUT2D eigenvalue weighted by molar-refractivity contribution is 0.0369. The van der Waals surface area contributed by atoms with Gasteiger partial charge < -0.3 is 19.4 Å². The predicted molar refractivity (Wildman–Crippen MR) is 83.8 cm³/mol. The van der Waals surface area contributed by atoms with Gasteiger partial charge in [0.2, 0.25) is 5.95 Å². The van der Waals surface area contributed by atoms with Gasteiger partial charge in [0.15, 0.2) is 0 Å². The second-order valence-corrected chi connectivity index (χ2v) is 5.71. The molecule has 0 radical (unpaired) electrons. The molecule has 1 aliphatic rings. The van der Waals surface area contributed by atoms with Crippen LogP contribution in [0.4, 0.5) is 5.95 Å². The lowest BCUT2D eigenvalue weighted by atomic mass is 10.3. The second kappa shape index (κ2) is 8.36. The molecule has 6 nitrogen and oxygen atoms in total. The van der Waals surface area contributed by atoms with Crippen molar-refractivity contribution in [3.8, 4) is 0 Å². The van der Waals surface area contributed by atoms with E-state index < -0.39 is 0 Å². The van der Waals surface area contributed by atoms with E-state index in [4.69, 9.17) is 9.47 Å². The molecule has 6 heteroatoms. The quantitative estimate of drug-likeness (QED) is 0.785. The molecule has 1 aromatic heterocycles. The van der Waals surface area contributed by atoms with Crippen LogP contribution < -0.4 is 5.32 Å². The van der Waals surface area contributed by atoms with Crippen LogP contribution >= 0.6 is 0 Å². The van der Waals surface area contributed by atoms with Gasteiger partial charge in [-0.2, -0.15) is 0 Å². The molecule has 0 saturated carbocycles. The Kier molecular flexibility index (Phi) is 6.48. The van der Waals surface area contributed by atoms with Gasteiger partial charge in [-0.15, -0.1) is 0 Å². The van der Waals surface area contributed by atoms with Crippen LogP contribution in [-0.2, 0) is 16.0 Å². The van der Waals surface area contributed by atoms with Crippen molar-refractivity contribution in [2.75, 3.05) is 51.9 Å². The van der Waals surface area contributed by atoms with E-state index in [0.717, 1.165) is 57.5 Å². The Morgan fingerprint density at radius 2 is 2.14 bits per heavy atom. The Morgan fingerprint density at radius 1 is 1.38 bits per heavy atom. The molecular weight excluding hydrogens is 268 g/mol. The average molecular weight is 296 g/mol. The first kappa shape index (κ1) is 16.3. The smallest absolute Gasteiger partial charge is 0.203 e. The summed E-state index contributed by atoms with van der Waals surface area (Å²) < 4.78 is 12.7. The van der Waals surface area contributed by atoms with Crippen LogP contribution in [0, 0.1) is 6.92 Å². The van der Waals surface area contributed by atoms with Crippen molar-refractivity contribution in [3.63, 3.8) is 0 Å². The van der Waals surface area contributed by atoms with Crippen molar-refractivity contribution in [2.45, 2.75) is 32.9 Å². The first-order valence-electron chi connectivity index (χ1n) is 7.78. The Hall–Kier alpha value is -1.11. The molecule has 1 aromatic rings. The zero-order chi connectivity index (χ0) is 15.1. The highest BCUT2D eigenvalue weighted by Gasteiger charge is 2.12. The molecule has 0 amide bonds. The molecule has 120 valence electrons. The van der Waals surface area contributed by atoms with Gasteiger partial charge >= 0.3 is 0 Å². The van der Waals surface area contributed by atoms with E-state index >= 15 is 0 Å². The Balaban J connectivity index is 1.81. The van der Waals surface area contributed by atoms with Crippen LogP contribution in [-0.4, -0.2) is 67.1 Å². The highest BCUT2D eigenvalue weighted by molar-refractivity contribution is 5.30. The Bertz CT molecular complexity index is 416. The molecule has 2 heterocycles. The monoisotopic (exact) mass is 296 g/mol. The number of imidazole rings is 1. The van der Waals surface area contributed by atoms with Crippen molar-refractivity contribution >= 4 is 5.95 Å². The lowest BCUT2D eigenvalue weighted by Crippen LogP contribution is -2.37. The maximum absolute atomic E-state index is 5.37. The first-order valence-corrected chi connectivity index (χ1v) is 7.78. The van der Waals surface area contributed by atoms with E-state index in [2.05, 4.69) is 32.9 Å². The van der Waals surface area contributed by atoms with Gasteiger partial charge in [-0.05, 0) is 20.3 Å². The number of nitrogens with one attached hydrogen (secondary N) is 1. The number of hydrogen-bond donors (Lipinski definition) is 1. The van der Waals surface area contributed by atoms with Gasteiger partial charge in [-0.1, -0.05) is 0 Å². The fourth-order valence-corrected chi connectivity index (χ4v) is 2.63. The Morgan fingerprint density at radius 3 is 2.86 bits per heavy atom. The van der Waals surface area contributed by atoms with Gasteiger partial charge in [-0.25, -0.2) is 4.98 Å². The number of aryl methyl sites for hydroxylation is 2. The third-order valence-corrected chi connectivity index (χ3v) is 3.67. The van der Waals surface area contributed by atoms with E-state index in [-0.39, 0.29) is 6.04 Å². The molecule has 1 aliphatic heterocycles. The average Bonchev–Trinajstić information content (AvgIpc) is 2.80. The van der Waals surface area contributed by atoms with Gasteiger partial charge in [-0.3, -0.25) is 4.90 Å². The fourth-order valence-electron chi connectivity index (χ4n) is 2.63. The van der Waals surface area contributed by atoms with Crippen molar-refractivity contribution in [2.24, 2.45) is 0 Å². The number of anilines is 1. The third-order valence-electron chi connectivity index (χ3n) is 3.67. The van der Waals surface area contributed by atoms with Gasteiger partial charge in [0.05, 0.1) is 25.5 Å². The maximum Gasteiger partial charge on any atom is 0.203 e. The lowest BCUT2D eigenvalue weighted by Gasteiger charge is -2.26. The van der Waals surface area contributed by atoms with E-state index in [0.29, 0.717) is 6.61 Å². The molecule has 1 saturated heterocycles. The highest BCUT2D eigenvalue weighted by Crippen LogP contribution is 2.11. The van der Waals surface area contributed by atoms with Gasteiger partial charge in [0, 0.05) is 45.5 Å². The van der Waals surface area contributed by atoms with Crippen molar-refractivity contribution < 1.29 is 9.47 Å². The molecule has 0 aromatic carbocycles. The summed E-state index contributed by atoms with van der Waals surface area (Å²) in [6, 6.07) is 0.259. The SMILES string of the molecule is COCC(C)Nc1nc(C)cn1CCCN1CCOCC1. The molecule has 1 N–H and O–H groups in total. The third kappa shape index (κ3) is 5.30. The van der Waals surface area contributed by atoms with E-state index in [9.17, 15) is 0 Å². The molecular formula is C15H28N4O2. The summed E-state index contributed by atoms with van der Waals surface area (Å²) in [5.41, 5.74) is 1.05. The minimum absolute atomic E-state index is 0.259. The van der Waals surface area contributed by atoms with E-state index in [1.165, 1.54) is 0 Å². The maximum atomic E-state index is 5.37. The predicted octanol–water partition coefficient (Wildman–Crippen LogP) is 1.36. The molecule has 1 atom stereocenters. The van der Waals surface area contributed by atoms with Crippen LogP contribution in [0.15, 0.2) is 6.20 Å². The minimum Gasteiger partial charge on any atom is -0.383 e. The zero-order valence-corrected chi connectivity index (χ0v) is 13.5. The first-order chi connectivity index (χ1) is 10.2. The molecule has 1 unspecified atom stereocenters. The molecule has 1 fully saturated rings. The number of morpholine rings is 1. The molecule has 0 spiro atoms. The summed E-state index contributed by atoms with van der Waals surface area (Å²) in [7, 11) is 1.72. The molecule has 0 aliphatic carbocycles. The van der Waals surface area contributed by atoms with Crippen molar-refractivity contribution in [3.05, 3.63) is 11.9 Å². The number of hydrogen-bond acceptors (Lipinski definition) is 5. The molecule has 2 rings (SSSR count). The highest BCUT2D eigenvalue weighted by atomic mass is 16.5. The number of aromatic nitrogens is 2. The number of nitrogens with zero attached hydrogens (tertiary/aromatic N) is 3. The summed E-state index contributed by atoms with van der Waals surface area (Å²) in [5, 5.41) is 3.41. The topological polar surface area (TPSA) is 51.5 Å². The number of ether oxygens (including phenoxy) is 2. The summed E-state index contributed by atoms with van der Waals surface area (Å²) in [6.45, 7) is 10.8. The largest absolute Gasteiger partial charge is 0.383 e. The van der Waals surface area contributed by atoms with Gasteiger partial charge in [0.25, 0.3) is 0 Å². The van der Waals surface area contributed by atoms with Crippen LogP contribution in [0.1, 0.15) is 19.0 Å². The normalized spacial score (nSPS) is 17.9. The van der Waals surface area contributed by atoms with Crippen molar-refractivity contribution in [1.29, 1.82) is 0 Å². The van der Waals surface area contributed by atoms with Crippen LogP contribution in [0.25, 0.3) is 0 Å². The second-order valence-electron chi connectivity index (χ2n) is 5.71. The number of rotatable bonds is 8.